The Morgan fingerprint density at radius 2 is 2.03 bits per heavy atom. The topological polar surface area (TPSA) is 85.3 Å². The number of anilines is 1. The fraction of sp³-hybridized carbons (Fsp3) is 0.500. The van der Waals surface area contributed by atoms with E-state index in [0.29, 0.717) is 29.0 Å². The first-order valence-electron chi connectivity index (χ1n) is 12.3. The van der Waals surface area contributed by atoms with Crippen molar-refractivity contribution in [3.8, 4) is 22.9 Å². The number of benzene rings is 1. The van der Waals surface area contributed by atoms with Crippen molar-refractivity contribution in [2.24, 2.45) is 5.41 Å². The number of nitrogen functional groups attached to an aromatic ring is 1. The van der Waals surface area contributed by atoms with Gasteiger partial charge in [0.2, 0.25) is 0 Å². The van der Waals surface area contributed by atoms with E-state index in [9.17, 15) is 0 Å². The normalized spacial score (nSPS) is 22.3. The van der Waals surface area contributed by atoms with Gasteiger partial charge in [-0.2, -0.15) is 5.10 Å². The molecule has 1 spiro atoms. The molecule has 8 heteroatoms. The zero-order chi connectivity index (χ0) is 23.4. The van der Waals surface area contributed by atoms with Crippen molar-refractivity contribution in [2.45, 2.75) is 45.2 Å². The summed E-state index contributed by atoms with van der Waals surface area (Å²) < 4.78 is 8.08. The third-order valence-electron chi connectivity index (χ3n) is 7.83. The standard InChI is InChI=1S/C26H33N7O/c1-4-32-15-26(16-32)8-20(9-26)33-14-21(10-29-33)34-25-24(27)28-11-23(30-25)18-5-6-22-17(2)12-31(3)13-19(22)7-18/h5-7,10-11,14,17,20H,4,8-9,12-13,15-16H2,1-3H3,(H2,27,28). The lowest BCUT2D eigenvalue weighted by atomic mass is 9.60. The summed E-state index contributed by atoms with van der Waals surface area (Å²) in [7, 11) is 2.16. The summed E-state index contributed by atoms with van der Waals surface area (Å²) in [5.41, 5.74) is 11.2. The van der Waals surface area contributed by atoms with Crippen LogP contribution in [0, 0.1) is 5.41 Å². The second-order valence-corrected chi connectivity index (χ2v) is 10.6. The fourth-order valence-electron chi connectivity index (χ4n) is 6.10. The second-order valence-electron chi connectivity index (χ2n) is 10.6. The molecule has 4 heterocycles. The van der Waals surface area contributed by atoms with Crippen molar-refractivity contribution in [1.82, 2.24) is 29.5 Å². The predicted molar refractivity (Wildman–Crippen MR) is 132 cm³/mol. The molecule has 1 atom stereocenters. The lowest BCUT2D eigenvalue weighted by Crippen LogP contribution is -2.62. The summed E-state index contributed by atoms with van der Waals surface area (Å²) in [6.07, 6.45) is 7.80. The number of nitrogens with zero attached hydrogens (tertiary/aromatic N) is 6. The second kappa shape index (κ2) is 8.06. The molecule has 2 fully saturated rings. The van der Waals surface area contributed by atoms with Crippen LogP contribution in [0.3, 0.4) is 0 Å². The minimum Gasteiger partial charge on any atom is -0.433 e. The molecule has 3 aromatic rings. The van der Waals surface area contributed by atoms with E-state index in [1.807, 2.05) is 10.9 Å². The Morgan fingerprint density at radius 1 is 1.21 bits per heavy atom. The van der Waals surface area contributed by atoms with Gasteiger partial charge in [0.25, 0.3) is 5.88 Å². The Kier molecular flexibility index (Phi) is 5.11. The number of likely N-dealkylation sites (tertiary alicyclic amines) is 1. The van der Waals surface area contributed by atoms with E-state index < -0.39 is 0 Å². The molecule has 0 radical (unpaired) electrons. The molecule has 1 saturated carbocycles. The van der Waals surface area contributed by atoms with Gasteiger partial charge in [-0.3, -0.25) is 4.68 Å². The summed E-state index contributed by atoms with van der Waals surface area (Å²) in [6.45, 7) is 10.1. The molecule has 0 amide bonds. The molecule has 178 valence electrons. The van der Waals surface area contributed by atoms with Gasteiger partial charge in [-0.1, -0.05) is 26.0 Å². The van der Waals surface area contributed by atoms with Crippen LogP contribution in [0.25, 0.3) is 11.3 Å². The molecule has 2 N–H and O–H groups in total. The van der Waals surface area contributed by atoms with Crippen LogP contribution in [-0.2, 0) is 6.54 Å². The number of ether oxygens (including phenoxy) is 1. The van der Waals surface area contributed by atoms with E-state index >= 15 is 0 Å². The monoisotopic (exact) mass is 459 g/mol. The van der Waals surface area contributed by atoms with E-state index in [0.717, 1.165) is 30.9 Å². The number of fused-ring (bicyclic) bond motifs is 1. The maximum atomic E-state index is 6.12. The highest BCUT2D eigenvalue weighted by molar-refractivity contribution is 5.63. The van der Waals surface area contributed by atoms with E-state index in [-0.39, 0.29) is 5.82 Å². The summed E-state index contributed by atoms with van der Waals surface area (Å²) in [6, 6.07) is 7.01. The van der Waals surface area contributed by atoms with E-state index in [1.54, 1.807) is 12.4 Å². The van der Waals surface area contributed by atoms with Crippen molar-refractivity contribution < 1.29 is 4.74 Å². The molecule has 2 aliphatic heterocycles. The van der Waals surface area contributed by atoms with Crippen LogP contribution in [0.4, 0.5) is 5.82 Å². The number of hydrogen-bond donors (Lipinski definition) is 1. The van der Waals surface area contributed by atoms with Gasteiger partial charge in [-0.15, -0.1) is 0 Å². The van der Waals surface area contributed by atoms with Crippen LogP contribution in [0.2, 0.25) is 0 Å². The number of nitrogens with two attached hydrogens (primary N) is 1. The maximum absolute atomic E-state index is 6.12. The van der Waals surface area contributed by atoms with Gasteiger partial charge in [0.15, 0.2) is 11.6 Å². The average Bonchev–Trinajstić information content (AvgIpc) is 3.21. The van der Waals surface area contributed by atoms with Crippen molar-refractivity contribution in [1.29, 1.82) is 0 Å². The van der Waals surface area contributed by atoms with E-state index in [1.165, 1.54) is 37.1 Å². The third-order valence-corrected chi connectivity index (χ3v) is 7.83. The average molecular weight is 460 g/mol. The molecule has 1 aliphatic carbocycles. The molecule has 8 nitrogen and oxygen atoms in total. The molecule has 3 aliphatic rings. The summed E-state index contributed by atoms with van der Waals surface area (Å²) in [5, 5.41) is 4.55. The minimum atomic E-state index is 0.277. The third kappa shape index (κ3) is 3.75. The molecule has 0 bridgehead atoms. The van der Waals surface area contributed by atoms with Crippen molar-refractivity contribution in [3.63, 3.8) is 0 Å². The van der Waals surface area contributed by atoms with Crippen molar-refractivity contribution in [3.05, 3.63) is 47.9 Å². The zero-order valence-electron chi connectivity index (χ0n) is 20.2. The lowest BCUT2D eigenvalue weighted by molar-refractivity contribution is -0.0887. The molecular formula is C26H33N7O. The largest absolute Gasteiger partial charge is 0.433 e. The van der Waals surface area contributed by atoms with Crippen LogP contribution >= 0.6 is 0 Å². The highest BCUT2D eigenvalue weighted by Crippen LogP contribution is 2.53. The minimum absolute atomic E-state index is 0.277. The van der Waals surface area contributed by atoms with Gasteiger partial charge in [-0.05, 0) is 55.0 Å². The van der Waals surface area contributed by atoms with Crippen LogP contribution in [0.1, 0.15) is 49.8 Å². The number of hydrogen-bond acceptors (Lipinski definition) is 7. The van der Waals surface area contributed by atoms with Gasteiger partial charge >= 0.3 is 0 Å². The Morgan fingerprint density at radius 3 is 2.82 bits per heavy atom. The Bertz CT molecular complexity index is 1210. The quantitative estimate of drug-likeness (QED) is 0.619. The maximum Gasteiger partial charge on any atom is 0.263 e. The first-order valence-corrected chi connectivity index (χ1v) is 12.3. The number of rotatable bonds is 5. The first-order chi connectivity index (χ1) is 16.4. The first kappa shape index (κ1) is 21.6. The molecule has 1 aromatic carbocycles. The van der Waals surface area contributed by atoms with Crippen LogP contribution in [0.5, 0.6) is 11.6 Å². The van der Waals surface area contributed by atoms with Crippen LogP contribution in [0.15, 0.2) is 36.8 Å². The molecule has 1 unspecified atom stereocenters. The Labute approximate surface area is 200 Å². The molecule has 1 saturated heterocycles. The lowest BCUT2D eigenvalue weighted by Gasteiger charge is -2.59. The van der Waals surface area contributed by atoms with Gasteiger partial charge < -0.3 is 20.3 Å². The molecule has 6 rings (SSSR count). The Balaban J connectivity index is 1.17. The number of likely N-dealkylation sites (N-methyl/N-ethyl adjacent to an activating group) is 1. The van der Waals surface area contributed by atoms with Crippen LogP contribution in [-0.4, -0.2) is 62.8 Å². The Hall–Kier alpha value is -2.97. The number of aromatic nitrogens is 4. The zero-order valence-corrected chi connectivity index (χ0v) is 20.2. The van der Waals surface area contributed by atoms with Gasteiger partial charge in [-0.25, -0.2) is 9.97 Å². The summed E-state index contributed by atoms with van der Waals surface area (Å²) in [5.74, 6) is 1.77. The summed E-state index contributed by atoms with van der Waals surface area (Å²) in [4.78, 5) is 13.9. The predicted octanol–water partition coefficient (Wildman–Crippen LogP) is 3.92. The molecular weight excluding hydrogens is 426 g/mol. The van der Waals surface area contributed by atoms with Crippen molar-refractivity contribution >= 4 is 5.82 Å². The van der Waals surface area contributed by atoms with E-state index in [4.69, 9.17) is 15.5 Å². The fourth-order valence-corrected chi connectivity index (χ4v) is 6.10. The molecule has 34 heavy (non-hydrogen) atoms. The van der Waals surface area contributed by atoms with Crippen LogP contribution < -0.4 is 10.5 Å². The van der Waals surface area contributed by atoms with E-state index in [2.05, 4.69) is 59.0 Å². The van der Waals surface area contributed by atoms with Gasteiger partial charge in [0.1, 0.15) is 0 Å². The SMILES string of the molecule is CCN1CC2(CC(n3cc(Oc4nc(-c5ccc6c(c5)CN(C)CC6C)cnc4N)cn3)C2)C1. The highest BCUT2D eigenvalue weighted by Gasteiger charge is 2.52. The van der Waals surface area contributed by atoms with Gasteiger partial charge in [0.05, 0.1) is 30.3 Å². The highest BCUT2D eigenvalue weighted by atomic mass is 16.5. The van der Waals surface area contributed by atoms with Crippen molar-refractivity contribution in [2.75, 3.05) is 39.0 Å². The smallest absolute Gasteiger partial charge is 0.263 e. The summed E-state index contributed by atoms with van der Waals surface area (Å²) >= 11 is 0. The molecule has 2 aromatic heterocycles. The van der Waals surface area contributed by atoms with Gasteiger partial charge in [0, 0.05) is 31.7 Å².